The van der Waals surface area contributed by atoms with Gasteiger partial charge in [0.15, 0.2) is 6.29 Å². The van der Waals surface area contributed by atoms with Gasteiger partial charge in [-0.05, 0) is 44.5 Å². The minimum atomic E-state index is -1.75. The number of nitrogen functional groups attached to an aromatic ring is 1. The van der Waals surface area contributed by atoms with Crippen LogP contribution in [-0.4, -0.2) is 105 Å². The number of rotatable bonds is 13. The lowest BCUT2D eigenvalue weighted by molar-refractivity contribution is -0.262. The zero-order valence-electron chi connectivity index (χ0n) is 22.8. The molecule has 16 nitrogen and oxygen atoms in total. The molecule has 0 aromatic heterocycles. The van der Waals surface area contributed by atoms with Crippen molar-refractivity contribution in [2.75, 3.05) is 17.2 Å². The summed E-state index contributed by atoms with van der Waals surface area (Å²) in [6.45, 7) is 3.08. The van der Waals surface area contributed by atoms with Gasteiger partial charge < -0.3 is 56.9 Å². The average molecular weight is 584 g/mol. The fourth-order valence-corrected chi connectivity index (χ4v) is 4.25. The van der Waals surface area contributed by atoms with Crippen molar-refractivity contribution in [1.29, 1.82) is 0 Å². The molecule has 41 heavy (non-hydrogen) atoms. The molecule has 10 N–H and O–H groups in total. The van der Waals surface area contributed by atoms with Crippen LogP contribution in [0.15, 0.2) is 24.3 Å². The molecule has 0 spiro atoms. The summed E-state index contributed by atoms with van der Waals surface area (Å²) in [4.78, 5) is 61.6. The second-order valence-electron chi connectivity index (χ2n) is 9.58. The Balaban J connectivity index is 2.22. The van der Waals surface area contributed by atoms with Crippen molar-refractivity contribution in [2.24, 2.45) is 5.73 Å². The Bertz CT molecular complexity index is 1100. The number of carboxylic acid groups (broad SMARTS) is 1. The summed E-state index contributed by atoms with van der Waals surface area (Å²) in [6, 6.07) is 2.13. The van der Waals surface area contributed by atoms with Crippen molar-refractivity contribution in [3.63, 3.8) is 0 Å². The number of aliphatic hydroxyl groups is 3. The Morgan fingerprint density at radius 2 is 1.68 bits per heavy atom. The fourth-order valence-electron chi connectivity index (χ4n) is 4.25. The maximum Gasteiger partial charge on any atom is 0.303 e. The Kier molecular flexibility index (Phi) is 12.0. The highest BCUT2D eigenvalue weighted by molar-refractivity contribution is 5.93. The summed E-state index contributed by atoms with van der Waals surface area (Å²) in [5.41, 5.74) is 11.6. The number of carbonyl (C=O) groups excluding carboxylic acids is 4. The fraction of sp³-hybridized carbons (Fsp3) is 0.560. The molecule has 1 fully saturated rings. The highest BCUT2D eigenvalue weighted by Gasteiger charge is 2.50. The molecular formula is C25H37N5O11. The number of hydrogen-bond acceptors (Lipinski definition) is 11. The van der Waals surface area contributed by atoms with Gasteiger partial charge in [0.05, 0.1) is 6.61 Å². The second-order valence-corrected chi connectivity index (χ2v) is 9.58. The molecular weight excluding hydrogens is 546 g/mol. The lowest BCUT2D eigenvalue weighted by Crippen LogP contribution is -2.67. The van der Waals surface area contributed by atoms with Gasteiger partial charge in [0.25, 0.3) is 0 Å². The van der Waals surface area contributed by atoms with Crippen molar-refractivity contribution >= 4 is 41.0 Å². The predicted molar refractivity (Wildman–Crippen MR) is 142 cm³/mol. The van der Waals surface area contributed by atoms with Crippen LogP contribution in [0.2, 0.25) is 0 Å². The highest BCUT2D eigenvalue weighted by Crippen LogP contribution is 2.31. The lowest BCUT2D eigenvalue weighted by atomic mass is 9.94. The molecule has 0 aliphatic carbocycles. The maximum absolute atomic E-state index is 12.9. The Morgan fingerprint density at radius 3 is 2.20 bits per heavy atom. The van der Waals surface area contributed by atoms with E-state index in [1.165, 1.54) is 45.0 Å². The number of ether oxygens (including phenoxy) is 2. The molecule has 0 unspecified atom stereocenters. The van der Waals surface area contributed by atoms with E-state index in [4.69, 9.17) is 26.0 Å². The number of benzene rings is 1. The smallest absolute Gasteiger partial charge is 0.303 e. The number of primary amides is 1. The molecule has 1 saturated heterocycles. The van der Waals surface area contributed by atoms with Crippen LogP contribution in [0.5, 0.6) is 0 Å². The van der Waals surface area contributed by atoms with E-state index in [2.05, 4.69) is 10.6 Å². The molecule has 8 atom stereocenters. The van der Waals surface area contributed by atoms with E-state index in [-0.39, 0.29) is 12.1 Å². The van der Waals surface area contributed by atoms with E-state index >= 15 is 0 Å². The second kappa shape index (κ2) is 14.7. The number of carbonyl (C=O) groups is 5. The number of nitrogens with one attached hydrogen (secondary N) is 2. The van der Waals surface area contributed by atoms with Crippen molar-refractivity contribution in [3.05, 3.63) is 24.3 Å². The van der Waals surface area contributed by atoms with E-state index in [1.54, 1.807) is 0 Å². The van der Waals surface area contributed by atoms with Gasteiger partial charge >= 0.3 is 5.97 Å². The average Bonchev–Trinajstić information content (AvgIpc) is 2.90. The summed E-state index contributed by atoms with van der Waals surface area (Å²) >= 11 is 0. The molecule has 2 rings (SSSR count). The molecule has 0 bridgehead atoms. The van der Waals surface area contributed by atoms with Crippen molar-refractivity contribution in [1.82, 2.24) is 10.6 Å². The molecule has 16 heteroatoms. The van der Waals surface area contributed by atoms with E-state index in [0.29, 0.717) is 5.69 Å². The largest absolute Gasteiger partial charge is 0.481 e. The summed E-state index contributed by atoms with van der Waals surface area (Å²) in [5.74, 6) is -4.39. The van der Waals surface area contributed by atoms with Gasteiger partial charge in [-0.25, -0.2) is 0 Å². The van der Waals surface area contributed by atoms with Crippen LogP contribution in [0.25, 0.3) is 0 Å². The normalized spacial score (nSPS) is 24.4. The van der Waals surface area contributed by atoms with Gasteiger partial charge in [0.2, 0.25) is 23.6 Å². The SMILES string of the molecule is CC(=O)N(c1ccc(N)cc1)[C@H]1[C@@H](O[C@@H](C)C(=O)N[C@@H](C)C(=O)N[C@H](CCC(=O)O)C(N)=O)[C@H](O)[C@H](CO)O[C@H]1O. The van der Waals surface area contributed by atoms with Crippen LogP contribution in [0.3, 0.4) is 0 Å². The van der Waals surface area contributed by atoms with Crippen molar-refractivity contribution < 1.29 is 53.9 Å². The number of amides is 4. The van der Waals surface area contributed by atoms with E-state index in [9.17, 15) is 39.3 Å². The molecule has 1 heterocycles. The molecule has 1 aromatic carbocycles. The molecule has 0 radical (unpaired) electrons. The van der Waals surface area contributed by atoms with Gasteiger partial charge in [0.1, 0.15) is 42.5 Å². The van der Waals surface area contributed by atoms with E-state index in [1.807, 2.05) is 0 Å². The van der Waals surface area contributed by atoms with Gasteiger partial charge in [-0.3, -0.25) is 24.0 Å². The lowest BCUT2D eigenvalue weighted by Gasteiger charge is -2.47. The minimum absolute atomic E-state index is 0.255. The minimum Gasteiger partial charge on any atom is -0.481 e. The summed E-state index contributed by atoms with van der Waals surface area (Å²) in [5, 5.41) is 44.8. The third-order valence-corrected chi connectivity index (χ3v) is 6.44. The van der Waals surface area contributed by atoms with Crippen LogP contribution < -0.4 is 27.0 Å². The van der Waals surface area contributed by atoms with Crippen LogP contribution in [0, 0.1) is 0 Å². The molecule has 228 valence electrons. The predicted octanol–water partition coefficient (Wildman–Crippen LogP) is -2.83. The van der Waals surface area contributed by atoms with Gasteiger partial charge in [-0.15, -0.1) is 0 Å². The van der Waals surface area contributed by atoms with Crippen LogP contribution in [0.1, 0.15) is 33.6 Å². The molecule has 1 aliphatic heterocycles. The first kappa shape index (κ1) is 33.4. The number of anilines is 2. The number of nitrogens with zero attached hydrogens (tertiary/aromatic N) is 1. The first-order valence-corrected chi connectivity index (χ1v) is 12.7. The number of nitrogens with two attached hydrogens (primary N) is 2. The standard InChI is InChI=1S/C25H37N5O11/c1-11(23(37)29-16(22(27)36)8-9-18(33)34)28-24(38)12(2)40-21-19(25(39)41-17(10-31)20(21)35)30(13(3)32)15-6-4-14(26)5-7-15/h4-7,11-12,16-17,19-21,25,31,35,39H,8-10,26H2,1-3H3,(H2,27,36)(H,28,38)(H,29,37)(H,33,34)/t11-,12-,16+,17-,19-,20+,21+,25+/m0/s1. The number of hydrogen-bond donors (Lipinski definition) is 8. The van der Waals surface area contributed by atoms with Crippen LogP contribution >= 0.6 is 0 Å². The number of aliphatic hydroxyl groups excluding tert-OH is 3. The maximum atomic E-state index is 12.9. The number of aliphatic carboxylic acids is 1. The van der Waals surface area contributed by atoms with Gasteiger partial charge in [0, 0.05) is 24.7 Å². The third-order valence-electron chi connectivity index (χ3n) is 6.44. The molecule has 1 aliphatic rings. The third kappa shape index (κ3) is 8.83. The number of carboxylic acids is 1. The topological polar surface area (TPSA) is 264 Å². The Hall–Kier alpha value is -3.83. The Labute approximate surface area is 235 Å². The molecule has 4 amide bonds. The van der Waals surface area contributed by atoms with E-state index in [0.717, 1.165) is 4.90 Å². The van der Waals surface area contributed by atoms with Gasteiger partial charge in [-0.2, -0.15) is 0 Å². The summed E-state index contributed by atoms with van der Waals surface area (Å²) in [6.07, 6.45) is -8.20. The van der Waals surface area contributed by atoms with Crippen molar-refractivity contribution in [2.45, 2.75) is 82.4 Å². The zero-order valence-corrected chi connectivity index (χ0v) is 22.8. The van der Waals surface area contributed by atoms with Crippen LogP contribution in [-0.2, 0) is 33.4 Å². The first-order chi connectivity index (χ1) is 19.2. The Morgan fingerprint density at radius 1 is 1.07 bits per heavy atom. The summed E-state index contributed by atoms with van der Waals surface area (Å²) < 4.78 is 11.1. The highest BCUT2D eigenvalue weighted by atomic mass is 16.6. The van der Waals surface area contributed by atoms with Crippen LogP contribution in [0.4, 0.5) is 11.4 Å². The van der Waals surface area contributed by atoms with Crippen molar-refractivity contribution in [3.8, 4) is 0 Å². The summed E-state index contributed by atoms with van der Waals surface area (Å²) in [7, 11) is 0. The monoisotopic (exact) mass is 583 g/mol. The molecule has 1 aromatic rings. The van der Waals surface area contributed by atoms with Gasteiger partial charge in [-0.1, -0.05) is 0 Å². The first-order valence-electron chi connectivity index (χ1n) is 12.7. The quantitative estimate of drug-likeness (QED) is 0.109. The zero-order chi connectivity index (χ0) is 31.0. The van der Waals surface area contributed by atoms with E-state index < -0.39 is 91.5 Å². The molecule has 0 saturated carbocycles.